The molecule has 2 rings (SSSR count). The number of carbonyl (C=O) groups excluding carboxylic acids is 1. The Morgan fingerprint density at radius 2 is 1.94 bits per heavy atom. The van der Waals surface area contributed by atoms with Gasteiger partial charge in [-0.2, -0.15) is 0 Å². The molecule has 0 radical (unpaired) electrons. The fourth-order valence-electron chi connectivity index (χ4n) is 2.85. The van der Waals surface area contributed by atoms with E-state index in [1.165, 1.54) is 0 Å². The molecule has 0 aromatic rings. The van der Waals surface area contributed by atoms with Gasteiger partial charge in [-0.1, -0.05) is 19.9 Å². The summed E-state index contributed by atoms with van der Waals surface area (Å²) >= 11 is 0. The first-order valence-corrected chi connectivity index (χ1v) is 5.83. The number of hydrogen-bond donors (Lipinski definition) is 1. The second kappa shape index (κ2) is 2.89. The van der Waals surface area contributed by atoms with Gasteiger partial charge in [0.1, 0.15) is 5.60 Å². The van der Waals surface area contributed by atoms with E-state index in [1.54, 1.807) is 4.90 Å². The van der Waals surface area contributed by atoms with Gasteiger partial charge in [0.25, 0.3) is 5.91 Å². The van der Waals surface area contributed by atoms with Crippen LogP contribution in [-0.4, -0.2) is 33.6 Å². The van der Waals surface area contributed by atoms with Crippen molar-refractivity contribution in [1.82, 2.24) is 4.90 Å². The van der Waals surface area contributed by atoms with Gasteiger partial charge in [0, 0.05) is 11.1 Å². The number of nitrogens with zero attached hydrogens (tertiary/aromatic N) is 1. The Morgan fingerprint density at radius 3 is 2.38 bits per heavy atom. The van der Waals surface area contributed by atoms with Crippen molar-refractivity contribution in [2.45, 2.75) is 52.2 Å². The molecule has 1 amide bonds. The number of aliphatic hydroxyl groups is 1. The topological polar surface area (TPSA) is 40.5 Å². The predicted octanol–water partition coefficient (Wildman–Crippen LogP) is 1.71. The van der Waals surface area contributed by atoms with Crippen LogP contribution < -0.4 is 0 Å². The van der Waals surface area contributed by atoms with Crippen molar-refractivity contribution >= 4 is 5.91 Å². The van der Waals surface area contributed by atoms with Gasteiger partial charge in [0.15, 0.2) is 0 Å². The number of carbonyl (C=O) groups is 1. The van der Waals surface area contributed by atoms with Crippen LogP contribution in [0.15, 0.2) is 11.6 Å². The second-order valence-electron chi connectivity index (χ2n) is 6.82. The van der Waals surface area contributed by atoms with Crippen LogP contribution in [0.1, 0.15) is 41.0 Å². The third-order valence-corrected chi connectivity index (χ3v) is 3.49. The molecule has 3 nitrogen and oxygen atoms in total. The maximum absolute atomic E-state index is 12.2. The van der Waals surface area contributed by atoms with E-state index in [-0.39, 0.29) is 16.9 Å². The van der Waals surface area contributed by atoms with Gasteiger partial charge in [0.2, 0.25) is 0 Å². The number of hydrogen-bond acceptors (Lipinski definition) is 2. The monoisotopic (exact) mass is 223 g/mol. The van der Waals surface area contributed by atoms with E-state index in [4.69, 9.17) is 0 Å². The van der Waals surface area contributed by atoms with E-state index >= 15 is 0 Å². The molecular formula is C13H21NO2. The van der Waals surface area contributed by atoms with Crippen LogP contribution in [0.2, 0.25) is 0 Å². The zero-order valence-corrected chi connectivity index (χ0v) is 10.8. The van der Waals surface area contributed by atoms with Crippen molar-refractivity contribution in [2.75, 3.05) is 6.54 Å². The van der Waals surface area contributed by atoms with Gasteiger partial charge in [0.05, 0.1) is 6.54 Å². The first kappa shape index (κ1) is 11.6. The van der Waals surface area contributed by atoms with Crippen LogP contribution in [0.3, 0.4) is 0 Å². The van der Waals surface area contributed by atoms with Crippen molar-refractivity contribution in [1.29, 1.82) is 0 Å². The first-order chi connectivity index (χ1) is 7.05. The third kappa shape index (κ3) is 1.58. The minimum atomic E-state index is -0.923. The van der Waals surface area contributed by atoms with E-state index in [2.05, 4.69) is 13.8 Å². The van der Waals surface area contributed by atoms with E-state index in [1.807, 2.05) is 26.8 Å². The van der Waals surface area contributed by atoms with E-state index in [0.717, 1.165) is 0 Å². The van der Waals surface area contributed by atoms with Crippen LogP contribution in [-0.2, 0) is 4.79 Å². The molecule has 0 spiro atoms. The number of fused-ring (bicyclic) bond motifs is 1. The molecule has 0 bridgehead atoms. The van der Waals surface area contributed by atoms with E-state index < -0.39 is 5.60 Å². The molecule has 1 atom stereocenters. The van der Waals surface area contributed by atoms with Gasteiger partial charge < -0.3 is 10.0 Å². The lowest BCUT2D eigenvalue weighted by molar-refractivity contribution is -0.129. The highest BCUT2D eigenvalue weighted by atomic mass is 16.3. The Hall–Kier alpha value is -0.830. The first-order valence-electron chi connectivity index (χ1n) is 5.83. The summed E-state index contributed by atoms with van der Waals surface area (Å²) in [6.45, 7) is 10.6. The predicted molar refractivity (Wildman–Crippen MR) is 62.9 cm³/mol. The molecule has 0 saturated carbocycles. The highest BCUT2D eigenvalue weighted by Gasteiger charge is 2.55. The zero-order valence-electron chi connectivity index (χ0n) is 10.8. The Kier molecular flexibility index (Phi) is 2.10. The van der Waals surface area contributed by atoms with Gasteiger partial charge in [-0.05, 0) is 32.6 Å². The van der Waals surface area contributed by atoms with E-state index in [9.17, 15) is 9.90 Å². The van der Waals surface area contributed by atoms with Crippen molar-refractivity contribution < 1.29 is 9.90 Å². The molecule has 0 aromatic carbocycles. The standard InChI is InChI=1S/C13H21NO2/c1-11(2,3)14-8-13(16)7-12(4,5)6-9(13)10(14)15/h6,16H,7-8H2,1-5H3. The fourth-order valence-corrected chi connectivity index (χ4v) is 2.85. The molecule has 0 aromatic heterocycles. The molecule has 1 aliphatic carbocycles. The maximum Gasteiger partial charge on any atom is 0.253 e. The van der Waals surface area contributed by atoms with Crippen molar-refractivity contribution in [3.63, 3.8) is 0 Å². The Bertz CT molecular complexity index is 376. The van der Waals surface area contributed by atoms with Crippen LogP contribution >= 0.6 is 0 Å². The summed E-state index contributed by atoms with van der Waals surface area (Å²) in [6.07, 6.45) is 2.59. The second-order valence-corrected chi connectivity index (χ2v) is 6.82. The van der Waals surface area contributed by atoms with Gasteiger partial charge in [-0.15, -0.1) is 0 Å². The number of β-amino-alcohol motifs (C(OH)–C–C–N with tert-alkyl or cyclic N) is 1. The summed E-state index contributed by atoms with van der Waals surface area (Å²) in [4.78, 5) is 14.0. The summed E-state index contributed by atoms with van der Waals surface area (Å²) in [5, 5.41) is 10.5. The number of amides is 1. The summed E-state index contributed by atoms with van der Waals surface area (Å²) < 4.78 is 0. The van der Waals surface area contributed by atoms with Crippen molar-refractivity contribution in [3.05, 3.63) is 11.6 Å². The van der Waals surface area contributed by atoms with Crippen molar-refractivity contribution in [2.24, 2.45) is 5.41 Å². The Labute approximate surface area is 97.1 Å². The smallest absolute Gasteiger partial charge is 0.253 e. The number of rotatable bonds is 0. The highest BCUT2D eigenvalue weighted by molar-refractivity contribution is 5.99. The maximum atomic E-state index is 12.2. The Morgan fingerprint density at radius 1 is 1.38 bits per heavy atom. The lowest BCUT2D eigenvalue weighted by atomic mass is 9.87. The molecule has 16 heavy (non-hydrogen) atoms. The molecule has 1 saturated heterocycles. The molecule has 1 heterocycles. The minimum Gasteiger partial charge on any atom is -0.383 e. The Balaban J connectivity index is 2.39. The fraction of sp³-hybridized carbons (Fsp3) is 0.769. The van der Waals surface area contributed by atoms with Crippen LogP contribution in [0.25, 0.3) is 0 Å². The quantitative estimate of drug-likeness (QED) is 0.679. The normalized spacial score (nSPS) is 33.0. The van der Waals surface area contributed by atoms with Gasteiger partial charge in [-0.3, -0.25) is 4.79 Å². The van der Waals surface area contributed by atoms with E-state index in [0.29, 0.717) is 18.5 Å². The number of likely N-dealkylation sites (tertiary alicyclic amines) is 1. The average Bonchev–Trinajstić information content (AvgIpc) is 2.40. The molecule has 1 unspecified atom stereocenters. The molecule has 1 N–H and O–H groups in total. The largest absolute Gasteiger partial charge is 0.383 e. The third-order valence-electron chi connectivity index (χ3n) is 3.49. The van der Waals surface area contributed by atoms with Crippen LogP contribution in [0.5, 0.6) is 0 Å². The molecule has 1 fully saturated rings. The van der Waals surface area contributed by atoms with Crippen molar-refractivity contribution in [3.8, 4) is 0 Å². The van der Waals surface area contributed by atoms with Crippen LogP contribution in [0, 0.1) is 5.41 Å². The minimum absolute atomic E-state index is 0.000532. The molecule has 1 aliphatic heterocycles. The summed E-state index contributed by atoms with van der Waals surface area (Å²) in [5.41, 5.74) is -0.605. The lowest BCUT2D eigenvalue weighted by Crippen LogP contribution is -2.45. The summed E-state index contributed by atoms with van der Waals surface area (Å²) in [5.74, 6) is 0.000532. The molecule has 2 aliphatic rings. The SMILES string of the molecule is CC1(C)C=C2C(=O)N(C(C)(C)C)CC2(O)C1. The molecular weight excluding hydrogens is 202 g/mol. The summed E-state index contributed by atoms with van der Waals surface area (Å²) in [7, 11) is 0. The van der Waals surface area contributed by atoms with Crippen LogP contribution in [0.4, 0.5) is 0 Å². The highest BCUT2D eigenvalue weighted by Crippen LogP contribution is 2.47. The number of allylic oxidation sites excluding steroid dienone is 1. The summed E-state index contributed by atoms with van der Waals surface area (Å²) in [6, 6.07) is 0. The van der Waals surface area contributed by atoms with Gasteiger partial charge in [-0.25, -0.2) is 0 Å². The molecule has 3 heteroatoms. The molecule has 90 valence electrons. The van der Waals surface area contributed by atoms with Gasteiger partial charge >= 0.3 is 0 Å². The lowest BCUT2D eigenvalue weighted by Gasteiger charge is -2.34. The zero-order chi connectivity index (χ0) is 12.4. The average molecular weight is 223 g/mol.